The summed E-state index contributed by atoms with van der Waals surface area (Å²) in [4.78, 5) is 0. The number of rotatable bonds is 9. The molecule has 108 valence electrons. The van der Waals surface area contributed by atoms with Crippen LogP contribution in [0.15, 0.2) is 18.2 Å². The van der Waals surface area contributed by atoms with Gasteiger partial charge in [-0.2, -0.15) is 0 Å². The Morgan fingerprint density at radius 1 is 1.21 bits per heavy atom. The lowest BCUT2D eigenvalue weighted by atomic mass is 10.1. The van der Waals surface area contributed by atoms with Crippen molar-refractivity contribution >= 4 is 0 Å². The topological polar surface area (TPSA) is 53.7 Å². The second-order valence-corrected chi connectivity index (χ2v) is 4.39. The minimum atomic E-state index is -0.278. The third-order valence-electron chi connectivity index (χ3n) is 2.48. The van der Waals surface area contributed by atoms with Gasteiger partial charge in [-0.15, -0.1) is 0 Å². The van der Waals surface area contributed by atoms with Crippen LogP contribution in [0.2, 0.25) is 0 Å². The van der Waals surface area contributed by atoms with Gasteiger partial charge in [-0.05, 0) is 37.1 Å². The minimum absolute atomic E-state index is 0.0397. The van der Waals surface area contributed by atoms with Crippen LogP contribution >= 0.6 is 0 Å². The van der Waals surface area contributed by atoms with Gasteiger partial charge in [-0.3, -0.25) is 0 Å². The molecule has 0 saturated carbocycles. The van der Waals surface area contributed by atoms with Gasteiger partial charge in [0.15, 0.2) is 0 Å². The molecule has 1 unspecified atom stereocenters. The van der Waals surface area contributed by atoms with Crippen LogP contribution in [0.25, 0.3) is 0 Å². The van der Waals surface area contributed by atoms with Crippen molar-refractivity contribution in [2.75, 3.05) is 33.5 Å². The first-order chi connectivity index (χ1) is 9.13. The molecule has 0 aromatic heterocycles. The lowest BCUT2D eigenvalue weighted by Gasteiger charge is -2.13. The number of halogens is 1. The summed E-state index contributed by atoms with van der Waals surface area (Å²) >= 11 is 0. The van der Waals surface area contributed by atoms with Crippen molar-refractivity contribution in [3.63, 3.8) is 0 Å². The highest BCUT2D eigenvalue weighted by atomic mass is 19.1. The summed E-state index contributed by atoms with van der Waals surface area (Å²) < 4.78 is 28.9. The molecule has 2 N–H and O–H groups in total. The van der Waals surface area contributed by atoms with E-state index < -0.39 is 0 Å². The van der Waals surface area contributed by atoms with E-state index in [1.54, 1.807) is 13.2 Å². The molecule has 1 aromatic rings. The maximum absolute atomic E-state index is 13.2. The predicted octanol–water partition coefficient (Wildman–Crippen LogP) is 1.76. The average molecular weight is 271 g/mol. The summed E-state index contributed by atoms with van der Waals surface area (Å²) in [7, 11) is 1.62. The first kappa shape index (κ1) is 15.9. The van der Waals surface area contributed by atoms with Gasteiger partial charge in [-0.25, -0.2) is 4.39 Å². The van der Waals surface area contributed by atoms with Crippen LogP contribution in [-0.4, -0.2) is 39.6 Å². The monoisotopic (exact) mass is 271 g/mol. The van der Waals surface area contributed by atoms with E-state index in [1.165, 1.54) is 12.1 Å². The highest BCUT2D eigenvalue weighted by Crippen LogP contribution is 2.21. The molecule has 0 aliphatic carbocycles. The van der Waals surface area contributed by atoms with Crippen molar-refractivity contribution in [3.05, 3.63) is 29.6 Å². The van der Waals surface area contributed by atoms with Crippen molar-refractivity contribution < 1.29 is 18.6 Å². The number of nitrogens with two attached hydrogens (primary N) is 1. The standard InChI is InChI=1S/C14H22FNO3/c1-11(16)9-12-10-13(15)3-4-14(12)19-8-7-18-6-5-17-2/h3-4,10-11H,5-9,16H2,1-2H3. The molecular formula is C14H22FNO3. The summed E-state index contributed by atoms with van der Waals surface area (Å²) in [5.41, 5.74) is 6.52. The van der Waals surface area contributed by atoms with Crippen molar-refractivity contribution in [1.82, 2.24) is 0 Å². The van der Waals surface area contributed by atoms with Crippen LogP contribution in [0.1, 0.15) is 12.5 Å². The lowest BCUT2D eigenvalue weighted by molar-refractivity contribution is 0.0542. The Balaban J connectivity index is 2.43. The number of hydrogen-bond donors (Lipinski definition) is 1. The Hall–Kier alpha value is -1.17. The fraction of sp³-hybridized carbons (Fsp3) is 0.571. The van der Waals surface area contributed by atoms with Gasteiger partial charge < -0.3 is 19.9 Å². The maximum atomic E-state index is 13.2. The van der Waals surface area contributed by atoms with E-state index in [1.807, 2.05) is 6.92 Å². The van der Waals surface area contributed by atoms with Crippen LogP contribution in [0.3, 0.4) is 0 Å². The van der Waals surface area contributed by atoms with Crippen LogP contribution < -0.4 is 10.5 Å². The van der Waals surface area contributed by atoms with Gasteiger partial charge >= 0.3 is 0 Å². The zero-order chi connectivity index (χ0) is 14.1. The van der Waals surface area contributed by atoms with E-state index in [9.17, 15) is 4.39 Å². The Labute approximate surface area is 113 Å². The van der Waals surface area contributed by atoms with Crippen LogP contribution in [0.4, 0.5) is 4.39 Å². The Morgan fingerprint density at radius 2 is 1.95 bits per heavy atom. The molecule has 0 bridgehead atoms. The SMILES string of the molecule is COCCOCCOc1ccc(F)cc1CC(C)N. The summed E-state index contributed by atoms with van der Waals surface area (Å²) in [6.45, 7) is 3.87. The second-order valence-electron chi connectivity index (χ2n) is 4.39. The summed E-state index contributed by atoms with van der Waals surface area (Å²) in [5, 5.41) is 0. The van der Waals surface area contributed by atoms with Gasteiger partial charge in [0.2, 0.25) is 0 Å². The fourth-order valence-corrected chi connectivity index (χ4v) is 1.65. The van der Waals surface area contributed by atoms with E-state index in [2.05, 4.69) is 0 Å². The molecule has 4 nitrogen and oxygen atoms in total. The van der Waals surface area contributed by atoms with Gasteiger partial charge in [0.25, 0.3) is 0 Å². The van der Waals surface area contributed by atoms with E-state index in [0.717, 1.165) is 5.56 Å². The average Bonchev–Trinajstić information content (AvgIpc) is 2.35. The molecule has 0 saturated heterocycles. The Bertz CT molecular complexity index is 372. The summed E-state index contributed by atoms with van der Waals surface area (Å²) in [6, 6.07) is 4.43. The molecule has 0 spiro atoms. The molecular weight excluding hydrogens is 249 g/mol. The zero-order valence-corrected chi connectivity index (χ0v) is 11.5. The van der Waals surface area contributed by atoms with Gasteiger partial charge in [0.1, 0.15) is 18.2 Å². The molecule has 19 heavy (non-hydrogen) atoms. The van der Waals surface area contributed by atoms with Gasteiger partial charge in [-0.1, -0.05) is 0 Å². The normalized spacial score (nSPS) is 12.4. The van der Waals surface area contributed by atoms with Crippen LogP contribution in [-0.2, 0) is 15.9 Å². The van der Waals surface area contributed by atoms with Crippen molar-refractivity contribution in [1.29, 1.82) is 0 Å². The smallest absolute Gasteiger partial charge is 0.123 e. The maximum Gasteiger partial charge on any atom is 0.123 e. The molecule has 0 radical (unpaired) electrons. The molecule has 1 rings (SSSR count). The van der Waals surface area contributed by atoms with Crippen molar-refractivity contribution in [3.8, 4) is 5.75 Å². The highest BCUT2D eigenvalue weighted by molar-refractivity contribution is 5.34. The highest BCUT2D eigenvalue weighted by Gasteiger charge is 2.07. The Morgan fingerprint density at radius 3 is 2.63 bits per heavy atom. The summed E-state index contributed by atoms with van der Waals surface area (Å²) in [6.07, 6.45) is 0.581. The minimum Gasteiger partial charge on any atom is -0.491 e. The molecule has 0 aliphatic heterocycles. The van der Waals surface area contributed by atoms with Crippen LogP contribution in [0, 0.1) is 5.82 Å². The number of benzene rings is 1. The zero-order valence-electron chi connectivity index (χ0n) is 11.5. The summed E-state index contributed by atoms with van der Waals surface area (Å²) in [5.74, 6) is 0.383. The molecule has 1 atom stereocenters. The third-order valence-corrected chi connectivity index (χ3v) is 2.48. The molecule has 1 aromatic carbocycles. The van der Waals surface area contributed by atoms with E-state index >= 15 is 0 Å². The largest absolute Gasteiger partial charge is 0.491 e. The first-order valence-electron chi connectivity index (χ1n) is 6.37. The third kappa shape index (κ3) is 6.52. The quantitative estimate of drug-likeness (QED) is 0.695. The molecule has 0 aliphatic rings. The second kappa shape index (κ2) is 8.85. The number of ether oxygens (including phenoxy) is 3. The Kier molecular flexibility index (Phi) is 7.40. The van der Waals surface area contributed by atoms with Gasteiger partial charge in [0.05, 0.1) is 19.8 Å². The van der Waals surface area contributed by atoms with Crippen molar-refractivity contribution in [2.24, 2.45) is 5.73 Å². The molecule has 0 heterocycles. The molecule has 0 fully saturated rings. The predicted molar refractivity (Wildman–Crippen MR) is 71.9 cm³/mol. The van der Waals surface area contributed by atoms with Crippen molar-refractivity contribution in [2.45, 2.75) is 19.4 Å². The molecule has 5 heteroatoms. The van der Waals surface area contributed by atoms with E-state index in [4.69, 9.17) is 19.9 Å². The molecule has 0 amide bonds. The first-order valence-corrected chi connectivity index (χ1v) is 6.37. The van der Waals surface area contributed by atoms with Crippen LogP contribution in [0.5, 0.6) is 5.75 Å². The number of methoxy groups -OCH3 is 1. The fourth-order valence-electron chi connectivity index (χ4n) is 1.65. The number of hydrogen-bond acceptors (Lipinski definition) is 4. The van der Waals surface area contributed by atoms with E-state index in [-0.39, 0.29) is 11.9 Å². The van der Waals surface area contributed by atoms with E-state index in [0.29, 0.717) is 38.6 Å². The van der Waals surface area contributed by atoms with Gasteiger partial charge in [0, 0.05) is 13.2 Å². The lowest BCUT2D eigenvalue weighted by Crippen LogP contribution is -2.19.